The Morgan fingerprint density at radius 3 is 2.74 bits per heavy atom. The molecule has 2 aliphatic heterocycles. The number of hydrogen-bond acceptors (Lipinski definition) is 9. The molecule has 1 fully saturated rings. The number of aromatic nitrogens is 2. The molecule has 0 bridgehead atoms. The van der Waals surface area contributed by atoms with Crippen molar-refractivity contribution in [2.75, 3.05) is 19.0 Å². The van der Waals surface area contributed by atoms with E-state index >= 15 is 0 Å². The van der Waals surface area contributed by atoms with Crippen molar-refractivity contribution in [3.8, 4) is 21.9 Å². The van der Waals surface area contributed by atoms with Crippen LogP contribution in [0, 0.1) is 0 Å². The van der Waals surface area contributed by atoms with E-state index in [2.05, 4.69) is 15.0 Å². The number of amidine groups is 1. The number of halogens is 1. The van der Waals surface area contributed by atoms with Gasteiger partial charge in [0.15, 0.2) is 14.6 Å². The van der Waals surface area contributed by atoms with Crippen LogP contribution in [0.1, 0.15) is 18.2 Å². The van der Waals surface area contributed by atoms with E-state index in [0.29, 0.717) is 28.8 Å². The van der Waals surface area contributed by atoms with Crippen LogP contribution in [-0.2, 0) is 20.1 Å². The lowest BCUT2D eigenvalue weighted by atomic mass is 10.0. The summed E-state index contributed by atoms with van der Waals surface area (Å²) < 4.78 is 36.0. The molecule has 0 amide bonds. The second-order valence-corrected chi connectivity index (χ2v) is 11.7. The minimum absolute atomic E-state index is 0.0451. The third kappa shape index (κ3) is 3.20. The molecule has 0 radical (unpaired) electrons. The molecule has 2 atom stereocenters. The van der Waals surface area contributed by atoms with Crippen LogP contribution in [-0.4, -0.2) is 47.9 Å². The van der Waals surface area contributed by atoms with Crippen LogP contribution in [0.15, 0.2) is 46.4 Å². The van der Waals surface area contributed by atoms with Gasteiger partial charge in [-0.1, -0.05) is 11.6 Å². The van der Waals surface area contributed by atoms with Crippen molar-refractivity contribution < 1.29 is 17.6 Å². The Bertz CT molecular complexity index is 1280. The lowest BCUT2D eigenvalue weighted by Crippen LogP contribution is -2.58. The van der Waals surface area contributed by atoms with Crippen molar-refractivity contribution in [1.29, 1.82) is 0 Å². The number of nitrogens with two attached hydrogens (primary N) is 1. The summed E-state index contributed by atoms with van der Waals surface area (Å²) in [5.74, 6) is 0.375. The highest BCUT2D eigenvalue weighted by molar-refractivity contribution is 7.93. The molecule has 5 rings (SSSR count). The van der Waals surface area contributed by atoms with Gasteiger partial charge in [-0.2, -0.15) is 0 Å². The smallest absolute Gasteiger partial charge is 0.227 e. The number of aliphatic imine (C=N–C) groups is 1. The Labute approximate surface area is 188 Å². The highest BCUT2D eigenvalue weighted by Gasteiger charge is 2.57. The first-order chi connectivity index (χ1) is 14.7. The van der Waals surface area contributed by atoms with E-state index in [1.165, 1.54) is 17.6 Å². The fraction of sp³-hybridized carbons (Fsp3) is 0.350. The van der Waals surface area contributed by atoms with Crippen molar-refractivity contribution in [3.05, 3.63) is 46.9 Å². The van der Waals surface area contributed by atoms with Gasteiger partial charge in [-0.3, -0.25) is 9.98 Å². The number of nitrogens with zero attached hydrogens (tertiary/aromatic N) is 3. The lowest BCUT2D eigenvalue weighted by molar-refractivity contribution is 0.194. The monoisotopic (exact) mass is 478 g/mol. The molecule has 162 valence electrons. The Kier molecular flexibility index (Phi) is 4.74. The number of thiophene rings is 1. The van der Waals surface area contributed by atoms with Crippen LogP contribution in [0.4, 0.5) is 0 Å². The fourth-order valence-electron chi connectivity index (χ4n) is 4.11. The molecule has 3 aromatic heterocycles. The van der Waals surface area contributed by atoms with Crippen molar-refractivity contribution in [3.63, 3.8) is 0 Å². The van der Waals surface area contributed by atoms with E-state index in [-0.39, 0.29) is 18.2 Å². The van der Waals surface area contributed by atoms with Gasteiger partial charge in [0.2, 0.25) is 5.89 Å². The van der Waals surface area contributed by atoms with Gasteiger partial charge in [-0.25, -0.2) is 13.4 Å². The summed E-state index contributed by atoms with van der Waals surface area (Å²) in [4.78, 5) is 14.6. The highest BCUT2D eigenvalue weighted by atomic mass is 35.5. The maximum Gasteiger partial charge on any atom is 0.227 e. The first-order valence-electron chi connectivity index (χ1n) is 9.55. The third-order valence-corrected chi connectivity index (χ3v) is 10.3. The van der Waals surface area contributed by atoms with Gasteiger partial charge in [-0.05, 0) is 25.5 Å². The van der Waals surface area contributed by atoms with E-state index < -0.39 is 20.1 Å². The van der Waals surface area contributed by atoms with Gasteiger partial charge < -0.3 is 14.9 Å². The first-order valence-corrected chi connectivity index (χ1v) is 12.4. The molecule has 31 heavy (non-hydrogen) atoms. The molecule has 8 nitrogen and oxygen atoms in total. The Hall–Kier alpha value is -2.27. The topological polar surface area (TPSA) is 121 Å². The summed E-state index contributed by atoms with van der Waals surface area (Å²) in [5.41, 5.74) is 6.69. The van der Waals surface area contributed by atoms with Crippen LogP contribution in [0.25, 0.3) is 21.9 Å². The number of pyridine rings is 1. The largest absolute Gasteiger partial charge is 0.444 e. The normalized spacial score (nSPS) is 27.5. The molecule has 0 saturated carbocycles. The summed E-state index contributed by atoms with van der Waals surface area (Å²) in [6.07, 6.45) is 6.76. The number of sulfone groups is 1. The molecule has 2 aliphatic rings. The van der Waals surface area contributed by atoms with Crippen molar-refractivity contribution in [1.82, 2.24) is 9.97 Å². The summed E-state index contributed by atoms with van der Waals surface area (Å²) in [5, 5.41) is 0.439. The van der Waals surface area contributed by atoms with Crippen LogP contribution >= 0.6 is 22.9 Å². The molecule has 3 aromatic rings. The SMILES string of the molecule is C[C@@]1(c2sc(-c3cncc(-c4ncco4)c3)cc2Cl)CS(=O)(=O)C2(CCOC2)C(N)=N1. The second kappa shape index (κ2) is 7.13. The Morgan fingerprint density at radius 1 is 1.26 bits per heavy atom. The average molecular weight is 479 g/mol. The Morgan fingerprint density at radius 2 is 2.06 bits per heavy atom. The predicted octanol–water partition coefficient (Wildman–Crippen LogP) is 3.28. The zero-order chi connectivity index (χ0) is 21.9. The summed E-state index contributed by atoms with van der Waals surface area (Å²) in [7, 11) is -3.60. The predicted molar refractivity (Wildman–Crippen MR) is 119 cm³/mol. The van der Waals surface area contributed by atoms with Crippen LogP contribution in [0.5, 0.6) is 0 Å². The van der Waals surface area contributed by atoms with Gasteiger partial charge in [-0.15, -0.1) is 11.3 Å². The summed E-state index contributed by atoms with van der Waals surface area (Å²) >= 11 is 7.96. The molecule has 0 aliphatic carbocycles. The van der Waals surface area contributed by atoms with Gasteiger partial charge in [0.1, 0.15) is 17.6 Å². The molecule has 1 unspecified atom stereocenters. The minimum atomic E-state index is -3.60. The molecule has 1 spiro atoms. The van der Waals surface area contributed by atoms with E-state index in [1.807, 2.05) is 6.07 Å². The quantitative estimate of drug-likeness (QED) is 0.613. The average Bonchev–Trinajstić information content (AvgIpc) is 3.47. The second-order valence-electron chi connectivity index (χ2n) is 7.91. The van der Waals surface area contributed by atoms with Crippen molar-refractivity contribution >= 4 is 38.6 Å². The summed E-state index contributed by atoms with van der Waals surface area (Å²) in [6.45, 7) is 2.15. The Balaban J connectivity index is 1.56. The fourth-order valence-corrected chi connectivity index (χ4v) is 8.06. The molecular weight excluding hydrogens is 460 g/mol. The first kappa shape index (κ1) is 20.6. The lowest BCUT2D eigenvalue weighted by Gasteiger charge is -2.38. The standard InChI is InChI=1S/C20H19ClN4O4S2/c1-19(11-31(26,27)20(18(22)25-19)2-4-28-10-20)16-14(21)7-15(30-16)12-6-13(9-23-8-12)17-24-3-5-29-17/h3,5-9H,2,4,10-11H2,1H3,(H2,22,25)/t19-,20?/m0/s1. The van der Waals surface area contributed by atoms with E-state index in [0.717, 1.165) is 16.0 Å². The number of hydrogen-bond donors (Lipinski definition) is 1. The van der Waals surface area contributed by atoms with Crippen molar-refractivity contribution in [2.45, 2.75) is 23.6 Å². The molecule has 5 heterocycles. The molecular formula is C20H19ClN4O4S2. The number of rotatable bonds is 3. The van der Waals surface area contributed by atoms with Crippen LogP contribution in [0.3, 0.4) is 0 Å². The van der Waals surface area contributed by atoms with Gasteiger partial charge in [0.05, 0.1) is 34.0 Å². The zero-order valence-electron chi connectivity index (χ0n) is 16.5. The van der Waals surface area contributed by atoms with Crippen molar-refractivity contribution in [2.24, 2.45) is 10.7 Å². The number of oxazole rings is 1. The molecule has 2 N–H and O–H groups in total. The molecule has 0 aromatic carbocycles. The minimum Gasteiger partial charge on any atom is -0.444 e. The van der Waals surface area contributed by atoms with Crippen LogP contribution in [0.2, 0.25) is 5.02 Å². The molecule has 1 saturated heterocycles. The third-order valence-electron chi connectivity index (χ3n) is 5.76. The molecule has 11 heteroatoms. The summed E-state index contributed by atoms with van der Waals surface area (Å²) in [6, 6.07) is 3.69. The van der Waals surface area contributed by atoms with Gasteiger partial charge >= 0.3 is 0 Å². The van der Waals surface area contributed by atoms with E-state index in [1.54, 1.807) is 31.6 Å². The number of ether oxygens (including phenoxy) is 1. The van der Waals surface area contributed by atoms with E-state index in [9.17, 15) is 8.42 Å². The maximum atomic E-state index is 13.3. The van der Waals surface area contributed by atoms with Crippen LogP contribution < -0.4 is 5.73 Å². The highest BCUT2D eigenvalue weighted by Crippen LogP contribution is 2.47. The maximum absolute atomic E-state index is 13.3. The van der Waals surface area contributed by atoms with Gasteiger partial charge in [0.25, 0.3) is 0 Å². The van der Waals surface area contributed by atoms with Gasteiger partial charge in [0, 0.05) is 29.4 Å². The van der Waals surface area contributed by atoms with E-state index in [4.69, 9.17) is 26.5 Å². The zero-order valence-corrected chi connectivity index (χ0v) is 18.9.